The Morgan fingerprint density at radius 2 is 2.20 bits per heavy atom. The van der Waals surface area contributed by atoms with Crippen LogP contribution in [0.25, 0.3) is 0 Å². The molecule has 6 heteroatoms. The van der Waals surface area contributed by atoms with Gasteiger partial charge in [-0.05, 0) is 12.5 Å². The van der Waals surface area contributed by atoms with Crippen LogP contribution < -0.4 is 0 Å². The summed E-state index contributed by atoms with van der Waals surface area (Å²) in [5, 5.41) is 13.1. The lowest BCUT2D eigenvalue weighted by Gasteiger charge is -2.29. The molecule has 0 saturated heterocycles. The largest absolute Gasteiger partial charge is 0.481 e. The molecule has 1 aliphatic heterocycles. The molecule has 0 aromatic carbocycles. The maximum Gasteiger partial charge on any atom is 0.303 e. The predicted octanol–water partition coefficient (Wildman–Crippen LogP) is 1.29. The summed E-state index contributed by atoms with van der Waals surface area (Å²) in [5.41, 5.74) is 1.79. The quantitative estimate of drug-likeness (QED) is 0.881. The normalized spacial score (nSPS) is 15.8. The van der Waals surface area contributed by atoms with Crippen molar-refractivity contribution in [3.63, 3.8) is 0 Å². The Kier molecular flexibility index (Phi) is 4.42. The Labute approximate surface area is 118 Å². The molecule has 1 atom stereocenters. The fourth-order valence-corrected chi connectivity index (χ4v) is 2.36. The molecule has 1 aromatic rings. The molecule has 0 spiro atoms. The van der Waals surface area contributed by atoms with E-state index in [1.54, 1.807) is 0 Å². The molecule has 0 radical (unpaired) electrons. The number of carbonyl (C=O) groups excluding carboxylic acids is 1. The summed E-state index contributed by atoms with van der Waals surface area (Å²) in [7, 11) is 0. The number of carboxylic acids is 1. The van der Waals surface area contributed by atoms with Crippen LogP contribution in [0.15, 0.2) is 6.07 Å². The van der Waals surface area contributed by atoms with Crippen molar-refractivity contribution in [2.45, 2.75) is 46.2 Å². The van der Waals surface area contributed by atoms with Crippen LogP contribution >= 0.6 is 0 Å². The molecule has 6 nitrogen and oxygen atoms in total. The minimum absolute atomic E-state index is 0.0518. The molecule has 2 rings (SSSR count). The third-order valence-corrected chi connectivity index (χ3v) is 3.79. The Morgan fingerprint density at radius 3 is 2.85 bits per heavy atom. The van der Waals surface area contributed by atoms with Gasteiger partial charge in [-0.1, -0.05) is 13.8 Å². The minimum atomic E-state index is -0.815. The van der Waals surface area contributed by atoms with E-state index in [9.17, 15) is 9.59 Å². The van der Waals surface area contributed by atoms with Crippen LogP contribution in [-0.4, -0.2) is 38.2 Å². The van der Waals surface area contributed by atoms with Gasteiger partial charge in [-0.3, -0.25) is 14.3 Å². The van der Waals surface area contributed by atoms with Gasteiger partial charge >= 0.3 is 5.97 Å². The molecule has 0 aliphatic carbocycles. The van der Waals surface area contributed by atoms with Gasteiger partial charge in [0.2, 0.25) is 5.91 Å². The van der Waals surface area contributed by atoms with Crippen LogP contribution in [-0.2, 0) is 29.1 Å². The minimum Gasteiger partial charge on any atom is -0.481 e. The summed E-state index contributed by atoms with van der Waals surface area (Å²) in [4.78, 5) is 24.6. The molecule has 0 bridgehead atoms. The van der Waals surface area contributed by atoms with Crippen LogP contribution in [0.5, 0.6) is 0 Å². The molecule has 0 saturated carbocycles. The van der Waals surface area contributed by atoms with Crippen LogP contribution in [0.1, 0.15) is 38.1 Å². The Balaban J connectivity index is 2.03. The second-order valence-corrected chi connectivity index (χ2v) is 5.31. The van der Waals surface area contributed by atoms with E-state index >= 15 is 0 Å². The van der Waals surface area contributed by atoms with Crippen molar-refractivity contribution >= 4 is 11.9 Å². The van der Waals surface area contributed by atoms with E-state index in [2.05, 4.69) is 5.10 Å². The van der Waals surface area contributed by atoms with Gasteiger partial charge in [-0.25, -0.2) is 0 Å². The highest BCUT2D eigenvalue weighted by molar-refractivity contribution is 5.78. The first-order chi connectivity index (χ1) is 9.51. The number of carboxylic acid groups (broad SMARTS) is 1. The van der Waals surface area contributed by atoms with Crippen molar-refractivity contribution in [2.24, 2.45) is 5.92 Å². The van der Waals surface area contributed by atoms with Crippen molar-refractivity contribution < 1.29 is 14.7 Å². The molecule has 1 aromatic heterocycles. The number of hydrogen-bond acceptors (Lipinski definition) is 3. The Morgan fingerprint density at radius 1 is 1.45 bits per heavy atom. The van der Waals surface area contributed by atoms with Crippen LogP contribution in [0.2, 0.25) is 0 Å². The molecule has 1 N–H and O–H groups in total. The van der Waals surface area contributed by atoms with E-state index < -0.39 is 5.97 Å². The van der Waals surface area contributed by atoms with Crippen molar-refractivity contribution in [3.8, 4) is 0 Å². The molecular formula is C14H21N3O3. The molecule has 110 valence electrons. The van der Waals surface area contributed by atoms with E-state index in [0.717, 1.165) is 17.8 Å². The first-order valence-corrected chi connectivity index (χ1v) is 7.07. The van der Waals surface area contributed by atoms with Gasteiger partial charge in [0.15, 0.2) is 0 Å². The number of aliphatic carboxylic acids is 1. The lowest BCUT2D eigenvalue weighted by molar-refractivity contribution is -0.137. The number of fused-ring (bicyclic) bond motifs is 1. The second-order valence-electron chi connectivity index (χ2n) is 5.31. The molecule has 1 aliphatic rings. The van der Waals surface area contributed by atoms with E-state index in [1.165, 1.54) is 0 Å². The zero-order chi connectivity index (χ0) is 14.7. The summed E-state index contributed by atoms with van der Waals surface area (Å²) < 4.78 is 1.89. The summed E-state index contributed by atoms with van der Waals surface area (Å²) in [6.45, 7) is 5.90. The fourth-order valence-electron chi connectivity index (χ4n) is 2.36. The smallest absolute Gasteiger partial charge is 0.303 e. The van der Waals surface area contributed by atoms with E-state index in [4.69, 9.17) is 5.11 Å². The first kappa shape index (κ1) is 14.6. The standard InChI is InChI=1S/C14H21N3O3/c1-3-10(2)14(20)16-6-7-17-12(9-16)8-11(15-17)4-5-13(18)19/h8,10H,3-7,9H2,1-2H3,(H,18,19). The highest BCUT2D eigenvalue weighted by Crippen LogP contribution is 2.17. The van der Waals surface area contributed by atoms with E-state index in [0.29, 0.717) is 26.1 Å². The molecule has 0 fully saturated rings. The van der Waals surface area contributed by atoms with Gasteiger partial charge in [0.25, 0.3) is 0 Å². The van der Waals surface area contributed by atoms with Gasteiger partial charge in [0, 0.05) is 18.9 Å². The summed E-state index contributed by atoms with van der Waals surface area (Å²) in [6.07, 6.45) is 1.37. The van der Waals surface area contributed by atoms with Crippen LogP contribution in [0.4, 0.5) is 0 Å². The maximum absolute atomic E-state index is 12.2. The number of nitrogens with zero attached hydrogens (tertiary/aromatic N) is 3. The number of hydrogen-bond donors (Lipinski definition) is 1. The lowest BCUT2D eigenvalue weighted by Crippen LogP contribution is -2.40. The van der Waals surface area contributed by atoms with Crippen molar-refractivity contribution in [1.82, 2.24) is 14.7 Å². The maximum atomic E-state index is 12.2. The summed E-state index contributed by atoms with van der Waals surface area (Å²) in [5.74, 6) is -0.576. The number of carbonyl (C=O) groups is 2. The Bertz CT molecular complexity index is 510. The first-order valence-electron chi connectivity index (χ1n) is 7.07. The predicted molar refractivity (Wildman–Crippen MR) is 73.1 cm³/mol. The third-order valence-electron chi connectivity index (χ3n) is 3.79. The van der Waals surface area contributed by atoms with E-state index in [-0.39, 0.29) is 18.2 Å². The summed E-state index contributed by atoms with van der Waals surface area (Å²) >= 11 is 0. The molecule has 1 unspecified atom stereocenters. The lowest BCUT2D eigenvalue weighted by atomic mass is 10.1. The highest BCUT2D eigenvalue weighted by atomic mass is 16.4. The number of aryl methyl sites for hydroxylation is 1. The molecule has 1 amide bonds. The number of rotatable bonds is 5. The Hall–Kier alpha value is -1.85. The fraction of sp³-hybridized carbons (Fsp3) is 0.643. The monoisotopic (exact) mass is 279 g/mol. The van der Waals surface area contributed by atoms with Crippen LogP contribution in [0, 0.1) is 5.92 Å². The zero-order valence-electron chi connectivity index (χ0n) is 12.0. The number of amides is 1. The zero-order valence-corrected chi connectivity index (χ0v) is 12.0. The van der Waals surface area contributed by atoms with E-state index in [1.807, 2.05) is 29.5 Å². The highest BCUT2D eigenvalue weighted by Gasteiger charge is 2.24. The second kappa shape index (κ2) is 6.07. The molecular weight excluding hydrogens is 258 g/mol. The average molecular weight is 279 g/mol. The van der Waals surface area contributed by atoms with Crippen molar-refractivity contribution in [1.29, 1.82) is 0 Å². The van der Waals surface area contributed by atoms with Crippen molar-refractivity contribution in [3.05, 3.63) is 17.5 Å². The van der Waals surface area contributed by atoms with Gasteiger partial charge in [0.05, 0.1) is 30.9 Å². The SMILES string of the molecule is CCC(C)C(=O)N1CCn2nc(CCC(=O)O)cc2C1. The third kappa shape index (κ3) is 3.18. The topological polar surface area (TPSA) is 75.4 Å². The van der Waals surface area contributed by atoms with Gasteiger partial charge in [-0.15, -0.1) is 0 Å². The molecule has 2 heterocycles. The molecule has 20 heavy (non-hydrogen) atoms. The average Bonchev–Trinajstić information content (AvgIpc) is 2.85. The number of aromatic nitrogens is 2. The van der Waals surface area contributed by atoms with Gasteiger partial charge < -0.3 is 10.0 Å². The van der Waals surface area contributed by atoms with Gasteiger partial charge in [-0.2, -0.15) is 5.10 Å². The summed E-state index contributed by atoms with van der Waals surface area (Å²) in [6, 6.07) is 1.92. The van der Waals surface area contributed by atoms with Crippen LogP contribution in [0.3, 0.4) is 0 Å². The van der Waals surface area contributed by atoms with Crippen molar-refractivity contribution in [2.75, 3.05) is 6.54 Å². The van der Waals surface area contributed by atoms with Gasteiger partial charge in [0.1, 0.15) is 0 Å².